The minimum atomic E-state index is -5.08. The summed E-state index contributed by atoms with van der Waals surface area (Å²) >= 11 is 0. The number of aromatic nitrogens is 1. The van der Waals surface area contributed by atoms with Crippen molar-refractivity contribution in [1.29, 1.82) is 0 Å². The van der Waals surface area contributed by atoms with E-state index >= 15 is 0 Å². The predicted octanol–water partition coefficient (Wildman–Crippen LogP) is 1.81. The Hall–Kier alpha value is -1.76. The van der Waals surface area contributed by atoms with Gasteiger partial charge in [-0.1, -0.05) is 6.07 Å². The smallest absolute Gasteiger partial charge is 0.475 e. The molecule has 0 amide bonds. The van der Waals surface area contributed by atoms with Gasteiger partial charge in [0, 0.05) is 12.7 Å². The van der Waals surface area contributed by atoms with Gasteiger partial charge in [-0.25, -0.2) is 13.2 Å². The van der Waals surface area contributed by atoms with E-state index in [1.165, 1.54) is 6.26 Å². The average Bonchev–Trinajstić information content (AvgIpc) is 3.06. The molecule has 164 valence electrons. The molecule has 3 heterocycles. The fourth-order valence-corrected chi connectivity index (χ4v) is 4.44. The van der Waals surface area contributed by atoms with Gasteiger partial charge >= 0.3 is 12.1 Å². The Morgan fingerprint density at radius 2 is 2.03 bits per heavy atom. The zero-order valence-corrected chi connectivity index (χ0v) is 16.5. The van der Waals surface area contributed by atoms with Gasteiger partial charge in [-0.2, -0.15) is 17.5 Å². The molecule has 1 aromatic rings. The molecule has 0 spiro atoms. The Balaban J connectivity index is 0.000000370. The minimum Gasteiger partial charge on any atom is -0.475 e. The number of nitrogens with zero attached hydrogens (tertiary/aromatic N) is 2. The summed E-state index contributed by atoms with van der Waals surface area (Å²) in [6.45, 7) is 1.57. The number of carboxylic acid groups (broad SMARTS) is 1. The fraction of sp³-hybridized carbons (Fsp3) is 0.647. The van der Waals surface area contributed by atoms with Crippen molar-refractivity contribution in [2.45, 2.75) is 50.3 Å². The standard InChI is InChI=1S/C15H22N2O4S.C2HF3O2/c1-22(18,19)17-9-7-15-14(17)6-5-13(21-15)11-20-10-12-4-2-3-8-16-12;3-2(4,5)1(6)7/h2-4,8,13-15H,5-7,9-11H2,1H3;(H,6,7)/t13-,14+,15+;/m1./s1. The van der Waals surface area contributed by atoms with Crippen molar-refractivity contribution < 1.29 is 41.0 Å². The minimum absolute atomic E-state index is 0.00189. The molecule has 3 rings (SSSR count). The van der Waals surface area contributed by atoms with Crippen LogP contribution in [0.1, 0.15) is 25.0 Å². The molecule has 8 nitrogen and oxygen atoms in total. The summed E-state index contributed by atoms with van der Waals surface area (Å²) in [5, 5.41) is 7.12. The number of fused-ring (bicyclic) bond motifs is 1. The van der Waals surface area contributed by atoms with E-state index < -0.39 is 22.2 Å². The molecule has 2 aliphatic rings. The summed E-state index contributed by atoms with van der Waals surface area (Å²) in [4.78, 5) is 13.1. The molecule has 0 unspecified atom stereocenters. The van der Waals surface area contributed by atoms with Gasteiger partial charge in [0.2, 0.25) is 10.0 Å². The molecule has 0 bridgehead atoms. The number of pyridine rings is 1. The summed E-state index contributed by atoms with van der Waals surface area (Å²) in [5.41, 5.74) is 0.903. The molecule has 29 heavy (non-hydrogen) atoms. The van der Waals surface area contributed by atoms with Crippen LogP contribution in [0.5, 0.6) is 0 Å². The zero-order chi connectivity index (χ0) is 21.7. The second-order valence-electron chi connectivity index (χ2n) is 6.74. The number of carboxylic acids is 1. The maximum Gasteiger partial charge on any atom is 0.490 e. The van der Waals surface area contributed by atoms with Crippen molar-refractivity contribution in [2.24, 2.45) is 0 Å². The first-order chi connectivity index (χ1) is 13.5. The summed E-state index contributed by atoms with van der Waals surface area (Å²) in [7, 11) is -3.13. The summed E-state index contributed by atoms with van der Waals surface area (Å²) in [6.07, 6.45) is 0.437. The lowest BCUT2D eigenvalue weighted by Crippen LogP contribution is -2.45. The van der Waals surface area contributed by atoms with Crippen LogP contribution in [0, 0.1) is 0 Å². The van der Waals surface area contributed by atoms with Crippen molar-refractivity contribution in [3.05, 3.63) is 30.1 Å². The quantitative estimate of drug-likeness (QED) is 0.744. The van der Waals surface area contributed by atoms with Crippen molar-refractivity contribution in [3.8, 4) is 0 Å². The van der Waals surface area contributed by atoms with Crippen molar-refractivity contribution in [2.75, 3.05) is 19.4 Å². The third kappa shape index (κ3) is 7.21. The number of halogens is 3. The van der Waals surface area contributed by atoms with Crippen LogP contribution in [0.4, 0.5) is 13.2 Å². The Morgan fingerprint density at radius 3 is 2.59 bits per heavy atom. The molecule has 2 saturated heterocycles. The summed E-state index contributed by atoms with van der Waals surface area (Å²) < 4.78 is 68.5. The van der Waals surface area contributed by atoms with Crippen molar-refractivity contribution in [1.82, 2.24) is 9.29 Å². The highest BCUT2D eigenvalue weighted by Gasteiger charge is 2.43. The Labute approximate surface area is 166 Å². The lowest BCUT2D eigenvalue weighted by Gasteiger charge is -2.35. The van der Waals surface area contributed by atoms with Crippen LogP contribution >= 0.6 is 0 Å². The first-order valence-corrected chi connectivity index (χ1v) is 10.7. The third-order valence-corrected chi connectivity index (χ3v) is 5.84. The molecule has 2 aliphatic heterocycles. The maximum atomic E-state index is 11.7. The van der Waals surface area contributed by atoms with Crippen LogP contribution in [-0.2, 0) is 30.9 Å². The third-order valence-electron chi connectivity index (χ3n) is 4.53. The molecule has 0 aliphatic carbocycles. The van der Waals surface area contributed by atoms with Crippen LogP contribution in [0.15, 0.2) is 24.4 Å². The molecule has 0 saturated carbocycles. The van der Waals surface area contributed by atoms with Gasteiger partial charge in [-0.05, 0) is 31.4 Å². The SMILES string of the molecule is CS(=O)(=O)N1CC[C@@H]2O[C@@H](COCc3ccccn3)CC[C@@H]21.O=C(O)C(F)(F)F. The highest BCUT2D eigenvalue weighted by atomic mass is 32.2. The number of carbonyl (C=O) groups is 1. The van der Waals surface area contributed by atoms with Crippen LogP contribution in [0.2, 0.25) is 0 Å². The van der Waals surface area contributed by atoms with E-state index in [0.29, 0.717) is 19.8 Å². The van der Waals surface area contributed by atoms with Gasteiger partial charge in [0.15, 0.2) is 0 Å². The van der Waals surface area contributed by atoms with Crippen LogP contribution < -0.4 is 0 Å². The molecule has 3 atom stereocenters. The van der Waals surface area contributed by atoms with Gasteiger partial charge in [-0.3, -0.25) is 4.98 Å². The van der Waals surface area contributed by atoms with Crippen molar-refractivity contribution >= 4 is 16.0 Å². The lowest BCUT2D eigenvalue weighted by molar-refractivity contribution is -0.192. The van der Waals surface area contributed by atoms with Gasteiger partial charge in [0.25, 0.3) is 0 Å². The number of hydrogen-bond donors (Lipinski definition) is 1. The molecule has 0 radical (unpaired) electrons. The first kappa shape index (κ1) is 23.5. The fourth-order valence-electron chi connectivity index (χ4n) is 3.27. The van der Waals surface area contributed by atoms with Gasteiger partial charge < -0.3 is 14.6 Å². The van der Waals surface area contributed by atoms with E-state index in [1.54, 1.807) is 10.5 Å². The summed E-state index contributed by atoms with van der Waals surface area (Å²) in [5.74, 6) is -2.76. The predicted molar refractivity (Wildman–Crippen MR) is 95.4 cm³/mol. The number of ether oxygens (including phenoxy) is 2. The van der Waals surface area contributed by atoms with E-state index in [-0.39, 0.29) is 18.2 Å². The second kappa shape index (κ2) is 9.83. The Bertz CT molecular complexity index is 775. The summed E-state index contributed by atoms with van der Waals surface area (Å²) in [6, 6.07) is 5.74. The van der Waals surface area contributed by atoms with E-state index in [0.717, 1.165) is 25.0 Å². The van der Waals surface area contributed by atoms with Gasteiger partial charge in [0.1, 0.15) is 0 Å². The van der Waals surface area contributed by atoms with E-state index in [4.69, 9.17) is 19.4 Å². The Morgan fingerprint density at radius 1 is 1.34 bits per heavy atom. The molecular formula is C17H23F3N2O6S. The molecular weight excluding hydrogens is 417 g/mol. The average molecular weight is 440 g/mol. The molecule has 0 aromatic carbocycles. The largest absolute Gasteiger partial charge is 0.490 e. The van der Waals surface area contributed by atoms with Crippen molar-refractivity contribution in [3.63, 3.8) is 0 Å². The van der Waals surface area contributed by atoms with Crippen LogP contribution in [-0.4, -0.2) is 72.6 Å². The number of hydrogen-bond acceptors (Lipinski definition) is 6. The van der Waals surface area contributed by atoms with Crippen LogP contribution in [0.25, 0.3) is 0 Å². The topological polar surface area (TPSA) is 106 Å². The van der Waals surface area contributed by atoms with E-state index in [1.807, 2.05) is 18.2 Å². The number of sulfonamides is 1. The highest BCUT2D eigenvalue weighted by Crippen LogP contribution is 2.33. The molecule has 2 fully saturated rings. The number of aliphatic carboxylic acids is 1. The molecule has 1 N–H and O–H groups in total. The maximum absolute atomic E-state index is 11.7. The highest BCUT2D eigenvalue weighted by molar-refractivity contribution is 7.88. The molecule has 12 heteroatoms. The van der Waals surface area contributed by atoms with Crippen LogP contribution in [0.3, 0.4) is 0 Å². The normalized spacial score (nSPS) is 25.0. The Kier molecular flexibility index (Phi) is 7.97. The lowest BCUT2D eigenvalue weighted by atomic mass is 10.0. The monoisotopic (exact) mass is 440 g/mol. The van der Waals surface area contributed by atoms with Gasteiger partial charge in [-0.15, -0.1) is 0 Å². The second-order valence-corrected chi connectivity index (χ2v) is 8.68. The number of alkyl halides is 3. The zero-order valence-electron chi connectivity index (χ0n) is 15.7. The van der Waals surface area contributed by atoms with E-state index in [9.17, 15) is 21.6 Å². The van der Waals surface area contributed by atoms with Gasteiger partial charge in [0.05, 0.1) is 43.4 Å². The first-order valence-electron chi connectivity index (χ1n) is 8.88. The van der Waals surface area contributed by atoms with E-state index in [2.05, 4.69) is 4.98 Å². The molecule has 1 aromatic heterocycles. The number of rotatable bonds is 5.